The first-order valence-electron chi connectivity index (χ1n) is 34.1. The van der Waals surface area contributed by atoms with Crippen molar-refractivity contribution in [3.8, 4) is 0 Å². The van der Waals surface area contributed by atoms with Crippen LogP contribution in [0.2, 0.25) is 0 Å². The van der Waals surface area contributed by atoms with E-state index in [1.807, 2.05) is 0 Å². The first-order valence-corrected chi connectivity index (χ1v) is 35.2. The lowest BCUT2D eigenvalue weighted by atomic mass is 10.0. The molecule has 12 amide bonds. The number of carbonyl (C=O) groups excluding carboxylic acids is 12. The molecule has 0 bridgehead atoms. The van der Waals surface area contributed by atoms with Crippen LogP contribution in [0.1, 0.15) is 115 Å². The number of unbranched alkanes of at least 4 members (excludes halogenated alkanes) is 1. The van der Waals surface area contributed by atoms with Crippen LogP contribution >= 0.6 is 25.3 Å². The van der Waals surface area contributed by atoms with Crippen molar-refractivity contribution in [1.29, 1.82) is 0 Å². The lowest BCUT2D eigenvalue weighted by Crippen LogP contribution is -2.62. The number of guanidine groups is 1. The number of carboxylic acids is 2. The molecule has 21 N–H and O–H groups in total. The van der Waals surface area contributed by atoms with E-state index >= 15 is 14.4 Å². The number of nitrogens with zero attached hydrogens (tertiary/aromatic N) is 4. The number of nitrogens with two attached hydrogens (primary N) is 4. The Morgan fingerprint density at radius 3 is 1.73 bits per heavy atom. The molecule has 0 spiro atoms. The first kappa shape index (κ1) is 82.7. The molecule has 2 fully saturated rings. The van der Waals surface area contributed by atoms with Gasteiger partial charge >= 0.3 is 11.9 Å². The van der Waals surface area contributed by atoms with E-state index < -0.39 is 173 Å². The largest absolute Gasteiger partial charge is 0.481 e. The van der Waals surface area contributed by atoms with Crippen LogP contribution in [0.25, 0.3) is 10.9 Å². The summed E-state index contributed by atoms with van der Waals surface area (Å²) in [5.41, 5.74) is 24.4. The number of rotatable bonds is 41. The maximum atomic E-state index is 15.1. The number of likely N-dealkylation sites (tertiary alicyclic amines) is 2. The number of benzene rings is 2. The summed E-state index contributed by atoms with van der Waals surface area (Å²) in [6.07, 6.45) is 3.40. The van der Waals surface area contributed by atoms with E-state index in [9.17, 15) is 63.0 Å². The number of aliphatic carboxylic acids is 2. The van der Waals surface area contributed by atoms with Gasteiger partial charge < -0.3 is 101 Å². The average molecular weight is 1490 g/mol. The van der Waals surface area contributed by atoms with E-state index in [2.05, 4.69) is 93.1 Å². The highest BCUT2D eigenvalue weighted by molar-refractivity contribution is 7.81. The fourth-order valence-corrected chi connectivity index (χ4v) is 12.6. The van der Waals surface area contributed by atoms with Gasteiger partial charge in [0, 0.05) is 91.7 Å². The number of thiol groups is 2. The van der Waals surface area contributed by atoms with E-state index in [0.717, 1.165) is 0 Å². The van der Waals surface area contributed by atoms with Gasteiger partial charge in [-0.3, -0.25) is 72.1 Å². The molecule has 11 atom stereocenters. The number of hydrogen-bond donors (Lipinski definition) is 19. The Bertz CT molecular complexity index is 3720. The van der Waals surface area contributed by atoms with Crippen molar-refractivity contribution in [2.45, 2.75) is 188 Å². The van der Waals surface area contributed by atoms with Gasteiger partial charge in [-0.2, -0.15) is 25.3 Å². The number of fused-ring (bicyclic) bond motifs is 1. The second-order valence-corrected chi connectivity index (χ2v) is 27.6. The van der Waals surface area contributed by atoms with Crippen LogP contribution in [0.5, 0.6) is 0 Å². The Balaban J connectivity index is 1.26. The SMILES string of the molecule is CC(=O)N[C@H](C(=O)N[C@@H](CCC(=O)O)C(=O)N[C@@H](Cc1cnc[nH]1)C(=O)N[C@H](Cc1ccccc1)C(=O)N[C@@H](CCCN=C(N)N)C(=O)N[C@@H](Cc1c[nH]c2ccccc12)C(=O)N[C@@H](CS)C(=O)N1CCC[C@H]1C(=O)N1CCC[C@H]1C(=O)N[C@@H](CCCCN)C(=O)N[C@@H](CC(=O)O)C(N)=O)C(C)(C)S. The molecule has 0 aliphatic carbocycles. The van der Waals surface area contributed by atoms with Crippen molar-refractivity contribution in [1.82, 2.24) is 72.6 Å². The number of para-hydroxylation sites is 1. The number of primary amides is 1. The summed E-state index contributed by atoms with van der Waals surface area (Å²) in [5, 5.41) is 43.2. The van der Waals surface area contributed by atoms with Crippen LogP contribution in [0.4, 0.5) is 0 Å². The number of H-pyrrole nitrogens is 2. The van der Waals surface area contributed by atoms with Crippen molar-refractivity contribution in [2.24, 2.45) is 27.9 Å². The predicted octanol–water partition coefficient (Wildman–Crippen LogP) is -3.07. The summed E-state index contributed by atoms with van der Waals surface area (Å²) in [6.45, 7) is 4.58. The third-order valence-corrected chi connectivity index (χ3v) is 18.1. The minimum atomic E-state index is -1.60. The van der Waals surface area contributed by atoms with Gasteiger partial charge in [0.25, 0.3) is 0 Å². The highest BCUT2D eigenvalue weighted by Gasteiger charge is 2.45. The molecule has 4 aromatic rings. The van der Waals surface area contributed by atoms with Crippen molar-refractivity contribution < 1.29 is 77.3 Å². The summed E-state index contributed by atoms with van der Waals surface area (Å²) < 4.78 is -1.20. The van der Waals surface area contributed by atoms with Gasteiger partial charge in [-0.1, -0.05) is 48.5 Å². The number of carboxylic acid groups (broad SMARTS) is 2. The molecule has 37 heteroatoms. The molecule has 2 saturated heterocycles. The quantitative estimate of drug-likeness (QED) is 0.00907. The average Bonchev–Trinajstić information content (AvgIpc) is 1.63. The number of imidazole rings is 1. The first-order chi connectivity index (χ1) is 49.4. The number of aromatic amines is 2. The predicted molar refractivity (Wildman–Crippen MR) is 385 cm³/mol. The summed E-state index contributed by atoms with van der Waals surface area (Å²) in [4.78, 5) is 210. The summed E-state index contributed by atoms with van der Waals surface area (Å²) >= 11 is 8.94. The Kier molecular flexibility index (Phi) is 31.7. The number of amides is 12. The smallest absolute Gasteiger partial charge is 0.305 e. The molecule has 4 heterocycles. The lowest BCUT2D eigenvalue weighted by molar-refractivity contribution is -0.148. The minimum Gasteiger partial charge on any atom is -0.481 e. The van der Waals surface area contributed by atoms with E-state index in [1.165, 1.54) is 43.1 Å². The van der Waals surface area contributed by atoms with Crippen LogP contribution in [0, 0.1) is 0 Å². The number of hydrogen-bond acceptors (Lipinski definition) is 19. The van der Waals surface area contributed by atoms with Crippen molar-refractivity contribution in [2.75, 3.05) is 31.9 Å². The molecule has 2 aromatic heterocycles. The minimum absolute atomic E-state index is 0.0360. The lowest BCUT2D eigenvalue weighted by Gasteiger charge is -2.33. The Morgan fingerprint density at radius 1 is 0.615 bits per heavy atom. The molecule has 0 unspecified atom stereocenters. The third kappa shape index (κ3) is 25.0. The second kappa shape index (κ2) is 39.9. The van der Waals surface area contributed by atoms with E-state index in [1.54, 1.807) is 60.8 Å². The van der Waals surface area contributed by atoms with Crippen molar-refractivity contribution in [3.05, 3.63) is 90.1 Å². The van der Waals surface area contributed by atoms with E-state index in [0.29, 0.717) is 53.4 Å². The molecule has 2 aliphatic heterocycles. The number of aromatic nitrogens is 3. The van der Waals surface area contributed by atoms with Gasteiger partial charge in [0.1, 0.15) is 66.5 Å². The van der Waals surface area contributed by atoms with Crippen LogP contribution in [0.15, 0.2) is 78.3 Å². The van der Waals surface area contributed by atoms with Gasteiger partial charge in [-0.15, -0.1) is 0 Å². The fourth-order valence-electron chi connectivity index (χ4n) is 12.2. The molecular weight excluding hydrogens is 1390 g/mol. The fraction of sp³-hybridized carbons (Fsp3) is 0.522. The van der Waals surface area contributed by atoms with E-state index in [4.69, 9.17) is 22.9 Å². The highest BCUT2D eigenvalue weighted by Crippen LogP contribution is 2.27. The standard InChI is InChI=1S/C67H95N19O16S2/c1-36(87)76-54(67(2,3)104)63(100)79-44(22-23-52(88)89)58(95)83-48(30-39-33-72-35-75-39)61(98)81-46(28-37-14-5-4-6-15-37)59(96)77-43(19-11-25-73-66(70)71)57(94)82-47(29-38-32-74-41-17-8-7-16-40(38)41)60(97)84-49(34-103)64(101)86-27-13-21-51(86)65(102)85-26-12-20-50(85)62(99)78-42(18-9-10-24-68)56(93)80-45(55(69)92)31-53(90)91/h4-8,14-17,32-33,35,42-51,54,74,103-104H,9-13,18-31,34,68H2,1-3H3,(H2,69,92)(H,72,75)(H,76,87)(H,77,96)(H,78,99)(H,79,100)(H,80,93)(H,81,98)(H,82,94)(H,83,95)(H,84,97)(H,88,89)(H,90,91)(H4,70,71,73)/t42-,43-,44-,45-,46+,47-,48-,49-,50-,51-,54+/m0/s1. The molecule has 104 heavy (non-hydrogen) atoms. The van der Waals surface area contributed by atoms with Crippen molar-refractivity contribution >= 4 is 125 Å². The molecule has 2 aliphatic rings. The van der Waals surface area contributed by atoms with Crippen LogP contribution in [0.3, 0.4) is 0 Å². The topological polar surface area (TPSA) is 555 Å². The second-order valence-electron chi connectivity index (χ2n) is 26.0. The molecule has 566 valence electrons. The number of carbonyl (C=O) groups is 14. The molecule has 35 nitrogen and oxygen atoms in total. The Hall–Kier alpha value is -10.3. The Labute approximate surface area is 610 Å². The van der Waals surface area contributed by atoms with Gasteiger partial charge in [0.2, 0.25) is 70.9 Å². The molecule has 0 radical (unpaired) electrons. The molecule has 0 saturated carbocycles. The van der Waals surface area contributed by atoms with E-state index in [-0.39, 0.29) is 89.3 Å². The summed E-state index contributed by atoms with van der Waals surface area (Å²) in [5.74, 6) is -13.6. The third-order valence-electron chi connectivity index (χ3n) is 17.5. The maximum Gasteiger partial charge on any atom is 0.305 e. The normalized spacial score (nSPS) is 16.8. The maximum absolute atomic E-state index is 15.1. The van der Waals surface area contributed by atoms with Crippen LogP contribution in [-0.4, -0.2) is 227 Å². The van der Waals surface area contributed by atoms with Crippen LogP contribution in [-0.2, 0) is 86.4 Å². The monoisotopic (exact) mass is 1490 g/mol. The van der Waals surface area contributed by atoms with Crippen LogP contribution < -0.4 is 70.8 Å². The Morgan fingerprint density at radius 2 is 1.15 bits per heavy atom. The molecule has 2 aromatic carbocycles. The zero-order valence-corrected chi connectivity index (χ0v) is 59.8. The van der Waals surface area contributed by atoms with Crippen molar-refractivity contribution in [3.63, 3.8) is 0 Å². The molecular formula is C67H95N19O16S2. The zero-order valence-electron chi connectivity index (χ0n) is 58.0. The van der Waals surface area contributed by atoms with Gasteiger partial charge in [-0.05, 0) is 102 Å². The zero-order chi connectivity index (χ0) is 76.4. The molecule has 6 rings (SSSR count). The number of aliphatic imine (C=N–C) groups is 1. The van der Waals surface area contributed by atoms with Gasteiger partial charge in [0.15, 0.2) is 5.96 Å². The summed E-state index contributed by atoms with van der Waals surface area (Å²) in [7, 11) is 0. The van der Waals surface area contributed by atoms with Gasteiger partial charge in [0.05, 0.1) is 12.7 Å². The van der Waals surface area contributed by atoms with Gasteiger partial charge in [-0.25, -0.2) is 4.98 Å². The highest BCUT2D eigenvalue weighted by atomic mass is 32.1. The summed E-state index contributed by atoms with van der Waals surface area (Å²) in [6, 6.07) is -0.109. The number of nitrogens with one attached hydrogen (secondary N) is 11.